The first-order valence-corrected chi connectivity index (χ1v) is 5.37. The van der Waals surface area contributed by atoms with Crippen LogP contribution >= 0.6 is 0 Å². The lowest BCUT2D eigenvalue weighted by atomic mass is 10.0. The smallest absolute Gasteiger partial charge is 0.264 e. The van der Waals surface area contributed by atoms with Crippen molar-refractivity contribution >= 4 is 0 Å². The number of pyridine rings is 2. The Kier molecular flexibility index (Phi) is 3.47. The van der Waals surface area contributed by atoms with Crippen molar-refractivity contribution in [1.29, 1.82) is 5.26 Å². The second-order valence-electron chi connectivity index (χ2n) is 3.77. The van der Waals surface area contributed by atoms with Gasteiger partial charge in [-0.2, -0.15) is 18.4 Å². The second kappa shape index (κ2) is 5.06. The average molecular weight is 263 g/mol. The van der Waals surface area contributed by atoms with Crippen molar-refractivity contribution in [2.75, 3.05) is 0 Å². The zero-order chi connectivity index (χ0) is 13.9. The lowest BCUT2D eigenvalue weighted by Crippen LogP contribution is -2.10. The van der Waals surface area contributed by atoms with Gasteiger partial charge in [0.25, 0.3) is 0 Å². The van der Waals surface area contributed by atoms with Crippen LogP contribution in [0, 0.1) is 11.3 Å². The molecule has 0 saturated carbocycles. The summed E-state index contributed by atoms with van der Waals surface area (Å²) >= 11 is 0. The van der Waals surface area contributed by atoms with Gasteiger partial charge in [0, 0.05) is 23.5 Å². The van der Waals surface area contributed by atoms with E-state index in [0.29, 0.717) is 11.1 Å². The van der Waals surface area contributed by atoms with Crippen molar-refractivity contribution in [3.05, 3.63) is 48.0 Å². The maximum atomic E-state index is 12.6. The van der Waals surface area contributed by atoms with Crippen molar-refractivity contribution in [2.45, 2.75) is 12.6 Å². The van der Waals surface area contributed by atoms with Crippen molar-refractivity contribution in [3.8, 4) is 17.2 Å². The number of halogens is 3. The molecule has 0 fully saturated rings. The van der Waals surface area contributed by atoms with Gasteiger partial charge in [-0.3, -0.25) is 4.98 Å². The van der Waals surface area contributed by atoms with Crippen LogP contribution in [0.5, 0.6) is 0 Å². The topological polar surface area (TPSA) is 49.6 Å². The number of alkyl halides is 3. The summed E-state index contributed by atoms with van der Waals surface area (Å²) in [5.41, 5.74) is 0.229. The molecule has 0 spiro atoms. The number of nitriles is 1. The summed E-state index contributed by atoms with van der Waals surface area (Å²) in [7, 11) is 0. The summed E-state index contributed by atoms with van der Waals surface area (Å²) in [5.74, 6) is 0. The maximum Gasteiger partial charge on any atom is 0.433 e. The molecule has 96 valence electrons. The van der Waals surface area contributed by atoms with Crippen LogP contribution < -0.4 is 0 Å². The van der Waals surface area contributed by atoms with E-state index in [1.165, 1.54) is 12.3 Å². The van der Waals surface area contributed by atoms with Gasteiger partial charge < -0.3 is 0 Å². The molecule has 0 N–H and O–H groups in total. The Morgan fingerprint density at radius 3 is 2.58 bits per heavy atom. The molecule has 2 aromatic heterocycles. The largest absolute Gasteiger partial charge is 0.433 e. The van der Waals surface area contributed by atoms with E-state index in [0.717, 1.165) is 6.07 Å². The predicted molar refractivity (Wildman–Crippen MR) is 61.8 cm³/mol. The van der Waals surface area contributed by atoms with Crippen LogP contribution in [0.2, 0.25) is 0 Å². The summed E-state index contributed by atoms with van der Waals surface area (Å²) in [4.78, 5) is 7.44. The Morgan fingerprint density at radius 1 is 1.21 bits per heavy atom. The Morgan fingerprint density at radius 2 is 2.00 bits per heavy atom. The minimum atomic E-state index is -4.52. The first kappa shape index (κ1) is 13.0. The summed E-state index contributed by atoms with van der Waals surface area (Å²) in [6, 6.07) is 7.42. The van der Waals surface area contributed by atoms with E-state index in [4.69, 9.17) is 5.26 Å². The number of rotatable bonds is 2. The van der Waals surface area contributed by atoms with Gasteiger partial charge in [0.05, 0.1) is 18.2 Å². The maximum absolute atomic E-state index is 12.6. The third-order valence-electron chi connectivity index (χ3n) is 2.48. The van der Waals surface area contributed by atoms with Crippen LogP contribution in [-0.2, 0) is 12.6 Å². The second-order valence-corrected chi connectivity index (χ2v) is 3.77. The molecule has 2 aromatic rings. The summed E-state index contributed by atoms with van der Waals surface area (Å²) in [5, 5.41) is 8.70. The zero-order valence-corrected chi connectivity index (χ0v) is 9.65. The van der Waals surface area contributed by atoms with Gasteiger partial charge in [-0.1, -0.05) is 12.1 Å². The summed E-state index contributed by atoms with van der Waals surface area (Å²) in [6.45, 7) is 0. The van der Waals surface area contributed by atoms with Crippen LogP contribution in [0.3, 0.4) is 0 Å². The highest BCUT2D eigenvalue weighted by Crippen LogP contribution is 2.30. The molecule has 0 aliphatic carbocycles. The number of hydrogen-bond acceptors (Lipinski definition) is 3. The Balaban J connectivity index is 2.54. The molecule has 2 heterocycles. The monoisotopic (exact) mass is 263 g/mol. The minimum Gasteiger partial charge on any atom is -0.264 e. The Labute approximate surface area is 107 Å². The molecule has 0 radical (unpaired) electrons. The first-order chi connectivity index (χ1) is 9.02. The normalized spacial score (nSPS) is 11.1. The van der Waals surface area contributed by atoms with Gasteiger partial charge in [0.1, 0.15) is 5.69 Å². The van der Waals surface area contributed by atoms with Gasteiger partial charge in [-0.05, 0) is 12.1 Å². The van der Waals surface area contributed by atoms with Crippen molar-refractivity contribution in [3.63, 3.8) is 0 Å². The molecule has 0 atom stereocenters. The van der Waals surface area contributed by atoms with Gasteiger partial charge in [-0.15, -0.1) is 0 Å². The number of nitrogens with zero attached hydrogens (tertiary/aromatic N) is 3. The van der Waals surface area contributed by atoms with Crippen LogP contribution in [0.15, 0.2) is 36.7 Å². The fraction of sp³-hybridized carbons (Fsp3) is 0.154. The number of aromatic nitrogens is 2. The summed E-state index contributed by atoms with van der Waals surface area (Å²) < 4.78 is 37.8. The van der Waals surface area contributed by atoms with Crippen LogP contribution in [0.25, 0.3) is 11.1 Å². The van der Waals surface area contributed by atoms with E-state index in [2.05, 4.69) is 9.97 Å². The molecule has 0 amide bonds. The van der Waals surface area contributed by atoms with Crippen LogP contribution in [-0.4, -0.2) is 9.97 Å². The number of hydrogen-bond donors (Lipinski definition) is 0. The SMILES string of the molecule is N#CCc1nc(C(F)(F)F)ccc1-c1cccnc1. The molecule has 0 aliphatic rings. The Bertz CT molecular complexity index is 615. The predicted octanol–water partition coefficient (Wildman–Crippen LogP) is 3.23. The molecule has 19 heavy (non-hydrogen) atoms. The highest BCUT2D eigenvalue weighted by molar-refractivity contribution is 5.65. The molecule has 2 rings (SSSR count). The highest BCUT2D eigenvalue weighted by atomic mass is 19.4. The van der Waals surface area contributed by atoms with Crippen molar-refractivity contribution in [2.24, 2.45) is 0 Å². The van der Waals surface area contributed by atoms with Gasteiger partial charge in [0.15, 0.2) is 0 Å². The average Bonchev–Trinajstić information content (AvgIpc) is 2.39. The van der Waals surface area contributed by atoms with E-state index in [-0.39, 0.29) is 12.1 Å². The van der Waals surface area contributed by atoms with E-state index in [9.17, 15) is 13.2 Å². The molecule has 6 heteroatoms. The van der Waals surface area contributed by atoms with Crippen LogP contribution in [0.1, 0.15) is 11.4 Å². The lowest BCUT2D eigenvalue weighted by Gasteiger charge is -2.10. The third kappa shape index (κ3) is 2.88. The molecule has 0 aromatic carbocycles. The standard InChI is InChI=1S/C13H8F3N3/c14-13(15,16)12-4-3-10(11(19-12)5-6-17)9-2-1-7-18-8-9/h1-4,7-8H,5H2. The molecular weight excluding hydrogens is 255 g/mol. The van der Waals surface area contributed by atoms with E-state index >= 15 is 0 Å². The van der Waals surface area contributed by atoms with E-state index in [1.54, 1.807) is 18.3 Å². The van der Waals surface area contributed by atoms with Gasteiger partial charge >= 0.3 is 6.18 Å². The molecule has 3 nitrogen and oxygen atoms in total. The van der Waals surface area contributed by atoms with Gasteiger partial charge in [0.2, 0.25) is 0 Å². The zero-order valence-electron chi connectivity index (χ0n) is 9.65. The van der Waals surface area contributed by atoms with Gasteiger partial charge in [-0.25, -0.2) is 4.98 Å². The van der Waals surface area contributed by atoms with E-state index in [1.807, 2.05) is 6.07 Å². The fourth-order valence-electron chi connectivity index (χ4n) is 1.65. The fourth-order valence-corrected chi connectivity index (χ4v) is 1.65. The molecule has 0 aliphatic heterocycles. The van der Waals surface area contributed by atoms with Crippen molar-refractivity contribution in [1.82, 2.24) is 9.97 Å². The quantitative estimate of drug-likeness (QED) is 0.835. The van der Waals surface area contributed by atoms with Crippen LogP contribution in [0.4, 0.5) is 13.2 Å². The van der Waals surface area contributed by atoms with Crippen molar-refractivity contribution < 1.29 is 13.2 Å². The molecule has 0 bridgehead atoms. The third-order valence-corrected chi connectivity index (χ3v) is 2.48. The van der Waals surface area contributed by atoms with E-state index < -0.39 is 11.9 Å². The highest BCUT2D eigenvalue weighted by Gasteiger charge is 2.33. The molecule has 0 unspecified atom stereocenters. The minimum absolute atomic E-state index is 0.102. The first-order valence-electron chi connectivity index (χ1n) is 5.37. The lowest BCUT2D eigenvalue weighted by molar-refractivity contribution is -0.141. The Hall–Kier alpha value is -2.42. The molecular formula is C13H8F3N3. The molecule has 0 saturated heterocycles. The summed E-state index contributed by atoms with van der Waals surface area (Å²) in [6.07, 6.45) is -1.62.